The molecular weight excluding hydrogens is 404 g/mol. The van der Waals surface area contributed by atoms with Crippen molar-refractivity contribution < 1.29 is 22.4 Å². The lowest BCUT2D eigenvalue weighted by Crippen LogP contribution is -2.31. The van der Waals surface area contributed by atoms with Crippen LogP contribution in [0, 0.1) is 6.92 Å². The number of rotatable bonds is 7. The standard InChI is InChI=1S/C16H15ClF4N6O/c1-8-13-10(14(18)19)4-11(15(20)21)24-16(13)27(25-8)7-12(28)22-2-3-26-6-9(17)5-23-26/h4-6,14-15H,2-3,7H2,1H3,(H,22,28). The van der Waals surface area contributed by atoms with E-state index in [1.165, 1.54) is 17.8 Å². The highest BCUT2D eigenvalue weighted by atomic mass is 35.5. The number of nitrogens with one attached hydrogen (secondary N) is 1. The minimum absolute atomic E-state index is 0.0293. The van der Waals surface area contributed by atoms with Crippen LogP contribution in [0.15, 0.2) is 18.5 Å². The number of amides is 1. The van der Waals surface area contributed by atoms with E-state index in [9.17, 15) is 22.4 Å². The zero-order chi connectivity index (χ0) is 20.4. The number of hydrogen-bond acceptors (Lipinski definition) is 4. The molecule has 7 nitrogen and oxygen atoms in total. The molecule has 0 atom stereocenters. The van der Waals surface area contributed by atoms with Crippen LogP contribution in [0.3, 0.4) is 0 Å². The zero-order valence-corrected chi connectivity index (χ0v) is 15.3. The van der Waals surface area contributed by atoms with Gasteiger partial charge in [-0.25, -0.2) is 27.2 Å². The van der Waals surface area contributed by atoms with Gasteiger partial charge in [0.15, 0.2) is 5.65 Å². The molecule has 0 unspecified atom stereocenters. The van der Waals surface area contributed by atoms with Crippen molar-refractivity contribution >= 4 is 28.5 Å². The molecule has 0 fully saturated rings. The molecular formula is C16H15ClF4N6O. The van der Waals surface area contributed by atoms with Crippen molar-refractivity contribution in [1.82, 2.24) is 29.9 Å². The fourth-order valence-electron chi connectivity index (χ4n) is 2.76. The predicted octanol–water partition coefficient (Wildman–Crippen LogP) is 3.28. The van der Waals surface area contributed by atoms with Gasteiger partial charge >= 0.3 is 0 Å². The van der Waals surface area contributed by atoms with E-state index >= 15 is 0 Å². The van der Waals surface area contributed by atoms with E-state index < -0.39 is 30.0 Å². The molecule has 3 heterocycles. The number of carbonyl (C=O) groups excluding carboxylic acids is 1. The summed E-state index contributed by atoms with van der Waals surface area (Å²) in [5, 5.41) is 11.0. The van der Waals surface area contributed by atoms with E-state index in [2.05, 4.69) is 20.5 Å². The molecule has 0 radical (unpaired) electrons. The predicted molar refractivity (Wildman–Crippen MR) is 92.4 cm³/mol. The second kappa shape index (κ2) is 8.13. The summed E-state index contributed by atoms with van der Waals surface area (Å²) in [4.78, 5) is 15.9. The van der Waals surface area contributed by atoms with Crippen molar-refractivity contribution in [1.29, 1.82) is 0 Å². The SMILES string of the molecule is Cc1nn(CC(=O)NCCn2cc(Cl)cn2)c2nc(C(F)F)cc(C(F)F)c12. The Morgan fingerprint density at radius 3 is 2.64 bits per heavy atom. The van der Waals surface area contributed by atoms with Gasteiger partial charge in [-0.15, -0.1) is 0 Å². The number of halogens is 5. The van der Waals surface area contributed by atoms with Gasteiger partial charge < -0.3 is 5.32 Å². The molecule has 1 amide bonds. The van der Waals surface area contributed by atoms with Crippen LogP contribution in [0.2, 0.25) is 5.02 Å². The average Bonchev–Trinajstić information content (AvgIpc) is 3.17. The normalized spacial score (nSPS) is 11.7. The molecule has 0 bridgehead atoms. The summed E-state index contributed by atoms with van der Waals surface area (Å²) < 4.78 is 55.3. The Hall–Kier alpha value is -2.69. The minimum Gasteiger partial charge on any atom is -0.353 e. The molecule has 3 aromatic rings. The number of alkyl halides is 4. The Morgan fingerprint density at radius 2 is 2.04 bits per heavy atom. The van der Waals surface area contributed by atoms with Crippen LogP contribution in [-0.2, 0) is 17.9 Å². The summed E-state index contributed by atoms with van der Waals surface area (Å²) in [5.74, 6) is -0.481. The maximum Gasteiger partial charge on any atom is 0.280 e. The van der Waals surface area contributed by atoms with E-state index in [-0.39, 0.29) is 29.8 Å². The summed E-state index contributed by atoms with van der Waals surface area (Å²) in [6.07, 6.45) is -2.97. The molecule has 0 saturated heterocycles. The molecule has 0 spiro atoms. The molecule has 0 saturated carbocycles. The first-order valence-electron chi connectivity index (χ1n) is 8.15. The molecule has 0 aromatic carbocycles. The fourth-order valence-corrected chi connectivity index (χ4v) is 2.92. The number of pyridine rings is 1. The first-order chi connectivity index (χ1) is 13.3. The molecule has 12 heteroatoms. The number of aromatic nitrogens is 5. The lowest BCUT2D eigenvalue weighted by molar-refractivity contribution is -0.121. The summed E-state index contributed by atoms with van der Waals surface area (Å²) in [5.41, 5.74) is -1.38. The van der Waals surface area contributed by atoms with Crippen molar-refractivity contribution in [2.45, 2.75) is 32.9 Å². The Kier molecular flexibility index (Phi) is 5.82. The highest BCUT2D eigenvalue weighted by Gasteiger charge is 2.23. The maximum atomic E-state index is 13.3. The molecule has 0 aliphatic heterocycles. The highest BCUT2D eigenvalue weighted by Crippen LogP contribution is 2.32. The number of aryl methyl sites for hydroxylation is 1. The van der Waals surface area contributed by atoms with Gasteiger partial charge in [0.25, 0.3) is 12.9 Å². The highest BCUT2D eigenvalue weighted by molar-refractivity contribution is 6.30. The van der Waals surface area contributed by atoms with Crippen LogP contribution in [0.25, 0.3) is 11.0 Å². The van der Waals surface area contributed by atoms with Gasteiger partial charge in [0.05, 0.1) is 28.8 Å². The van der Waals surface area contributed by atoms with E-state index in [0.717, 1.165) is 4.68 Å². The third-order valence-corrected chi connectivity index (χ3v) is 4.14. The molecule has 0 aliphatic carbocycles. The maximum absolute atomic E-state index is 13.3. The van der Waals surface area contributed by atoms with Gasteiger partial charge in [0.2, 0.25) is 5.91 Å². The Labute approximate surface area is 161 Å². The second-order valence-corrected chi connectivity index (χ2v) is 6.39. The number of carbonyl (C=O) groups is 1. The molecule has 150 valence electrons. The smallest absolute Gasteiger partial charge is 0.280 e. The number of fused-ring (bicyclic) bond motifs is 1. The average molecular weight is 419 g/mol. The topological polar surface area (TPSA) is 77.6 Å². The molecule has 0 aliphatic rings. The second-order valence-electron chi connectivity index (χ2n) is 5.95. The summed E-state index contributed by atoms with van der Waals surface area (Å²) in [6, 6.07) is 0.673. The van der Waals surface area contributed by atoms with Crippen LogP contribution >= 0.6 is 11.6 Å². The number of nitrogens with zero attached hydrogens (tertiary/aromatic N) is 5. The van der Waals surface area contributed by atoms with E-state index in [4.69, 9.17) is 11.6 Å². The Bertz CT molecular complexity index is 1000. The molecule has 3 rings (SSSR count). The first kappa shape index (κ1) is 20.1. The molecule has 1 N–H and O–H groups in total. The fraction of sp³-hybridized carbons (Fsp3) is 0.375. The van der Waals surface area contributed by atoms with Gasteiger partial charge in [-0.05, 0) is 13.0 Å². The van der Waals surface area contributed by atoms with E-state index in [1.54, 1.807) is 6.20 Å². The Morgan fingerprint density at radius 1 is 1.29 bits per heavy atom. The van der Waals surface area contributed by atoms with Gasteiger partial charge in [0.1, 0.15) is 12.2 Å². The summed E-state index contributed by atoms with van der Waals surface area (Å²) in [6.45, 7) is 1.69. The van der Waals surface area contributed by atoms with E-state index in [1.807, 2.05) is 0 Å². The largest absolute Gasteiger partial charge is 0.353 e. The molecule has 28 heavy (non-hydrogen) atoms. The van der Waals surface area contributed by atoms with E-state index in [0.29, 0.717) is 17.6 Å². The van der Waals surface area contributed by atoms with Crippen molar-refractivity contribution in [3.8, 4) is 0 Å². The summed E-state index contributed by atoms with van der Waals surface area (Å²) in [7, 11) is 0. The number of hydrogen-bond donors (Lipinski definition) is 1. The van der Waals surface area contributed by atoms with Gasteiger partial charge in [-0.3, -0.25) is 9.48 Å². The van der Waals surface area contributed by atoms with Crippen molar-refractivity contribution in [2.75, 3.05) is 6.54 Å². The van der Waals surface area contributed by atoms with Crippen LogP contribution in [0.5, 0.6) is 0 Å². The van der Waals surface area contributed by atoms with Gasteiger partial charge in [0, 0.05) is 18.3 Å². The van der Waals surface area contributed by atoms with Gasteiger partial charge in [-0.1, -0.05) is 11.6 Å². The molecule has 3 aromatic heterocycles. The van der Waals surface area contributed by atoms with Crippen LogP contribution < -0.4 is 5.32 Å². The monoisotopic (exact) mass is 418 g/mol. The third kappa shape index (κ3) is 4.24. The summed E-state index contributed by atoms with van der Waals surface area (Å²) >= 11 is 5.74. The lowest BCUT2D eigenvalue weighted by Gasteiger charge is -2.08. The minimum atomic E-state index is -3.03. The van der Waals surface area contributed by atoms with Gasteiger partial charge in [-0.2, -0.15) is 10.2 Å². The quantitative estimate of drug-likeness (QED) is 0.597. The van der Waals surface area contributed by atoms with Crippen molar-refractivity contribution in [2.24, 2.45) is 0 Å². The lowest BCUT2D eigenvalue weighted by atomic mass is 10.1. The zero-order valence-electron chi connectivity index (χ0n) is 14.5. The van der Waals surface area contributed by atoms with Crippen molar-refractivity contribution in [3.63, 3.8) is 0 Å². The van der Waals surface area contributed by atoms with Crippen LogP contribution in [0.1, 0.15) is 29.8 Å². The first-order valence-corrected chi connectivity index (χ1v) is 8.53. The Balaban J connectivity index is 1.79. The van der Waals surface area contributed by atoms with Crippen LogP contribution in [-0.4, -0.2) is 37.0 Å². The van der Waals surface area contributed by atoms with Crippen molar-refractivity contribution in [3.05, 3.63) is 40.4 Å². The third-order valence-electron chi connectivity index (χ3n) is 3.94. The van der Waals surface area contributed by atoms with Crippen LogP contribution in [0.4, 0.5) is 17.6 Å².